The van der Waals surface area contributed by atoms with E-state index in [2.05, 4.69) is 49.2 Å². The van der Waals surface area contributed by atoms with Crippen molar-refractivity contribution in [1.29, 1.82) is 0 Å². The number of aliphatic hydroxyl groups excluding tert-OH is 1. The van der Waals surface area contributed by atoms with E-state index >= 15 is 0 Å². The smallest absolute Gasteiger partial charge is 0.246 e. The van der Waals surface area contributed by atoms with E-state index in [-0.39, 0.29) is 31.0 Å². The Hall–Kier alpha value is -3.12. The Kier molecular flexibility index (Phi) is 5.25. The van der Waals surface area contributed by atoms with Gasteiger partial charge in [0.15, 0.2) is 0 Å². The zero-order valence-corrected chi connectivity index (χ0v) is 18.5. The number of carbonyl (C=O) groups is 2. The summed E-state index contributed by atoms with van der Waals surface area (Å²) >= 11 is 0. The topological polar surface area (TPSA) is 76.6 Å². The number of carbonyl (C=O) groups excluding carboxylic acids is 2. The Balaban J connectivity index is 1.64. The Bertz CT molecular complexity index is 1160. The van der Waals surface area contributed by atoms with Crippen molar-refractivity contribution >= 4 is 22.7 Å². The van der Waals surface area contributed by atoms with Crippen LogP contribution in [0.25, 0.3) is 10.9 Å². The lowest BCUT2D eigenvalue weighted by molar-refractivity contribution is -0.158. The molecule has 3 heterocycles. The first-order valence-electron chi connectivity index (χ1n) is 11.4. The molecule has 5 rings (SSSR count). The van der Waals surface area contributed by atoms with Crippen molar-refractivity contribution in [3.05, 3.63) is 70.9 Å². The SMILES string of the molecule is CC(C)c1ccc(C2c3[nH]c4ccccc4c3C[C@H]3C(=O)N(CCCO)CC(=O)N23)cc1. The summed E-state index contributed by atoms with van der Waals surface area (Å²) in [6, 6.07) is 15.7. The third-order valence-electron chi connectivity index (χ3n) is 6.85. The van der Waals surface area contributed by atoms with Gasteiger partial charge in [-0.1, -0.05) is 56.3 Å². The highest BCUT2D eigenvalue weighted by atomic mass is 16.3. The first-order valence-corrected chi connectivity index (χ1v) is 11.4. The molecule has 1 saturated heterocycles. The molecular formula is C26H29N3O3. The van der Waals surface area contributed by atoms with Gasteiger partial charge >= 0.3 is 0 Å². The average Bonchev–Trinajstić information content (AvgIpc) is 3.17. The maximum Gasteiger partial charge on any atom is 0.246 e. The number of rotatable bonds is 5. The van der Waals surface area contributed by atoms with Crippen LogP contribution in [0.15, 0.2) is 48.5 Å². The molecule has 1 fully saturated rings. The van der Waals surface area contributed by atoms with Gasteiger partial charge in [-0.05, 0) is 35.1 Å². The van der Waals surface area contributed by atoms with Crippen LogP contribution in [-0.2, 0) is 16.0 Å². The number of hydrogen-bond acceptors (Lipinski definition) is 3. The highest BCUT2D eigenvalue weighted by Gasteiger charge is 2.48. The quantitative estimate of drug-likeness (QED) is 0.650. The number of nitrogens with one attached hydrogen (secondary N) is 1. The second kappa shape index (κ2) is 8.10. The Morgan fingerprint density at radius 2 is 1.84 bits per heavy atom. The van der Waals surface area contributed by atoms with Crippen LogP contribution in [0.3, 0.4) is 0 Å². The largest absolute Gasteiger partial charge is 0.396 e. The molecule has 1 aromatic heterocycles. The van der Waals surface area contributed by atoms with Crippen LogP contribution < -0.4 is 0 Å². The van der Waals surface area contributed by atoms with Crippen LogP contribution in [0.5, 0.6) is 0 Å². The predicted octanol–water partition coefficient (Wildman–Crippen LogP) is 3.36. The Morgan fingerprint density at radius 3 is 2.56 bits per heavy atom. The van der Waals surface area contributed by atoms with Crippen molar-refractivity contribution in [2.45, 2.75) is 44.7 Å². The van der Waals surface area contributed by atoms with Gasteiger partial charge < -0.3 is 19.9 Å². The summed E-state index contributed by atoms with van der Waals surface area (Å²) in [6.07, 6.45) is 0.976. The number of H-pyrrole nitrogens is 1. The number of hydrogen-bond donors (Lipinski definition) is 2. The first-order chi connectivity index (χ1) is 15.5. The van der Waals surface area contributed by atoms with Gasteiger partial charge in [0.1, 0.15) is 6.04 Å². The minimum absolute atomic E-state index is 0.00374. The van der Waals surface area contributed by atoms with Gasteiger partial charge in [0.25, 0.3) is 0 Å². The van der Waals surface area contributed by atoms with Crippen molar-refractivity contribution in [3.63, 3.8) is 0 Å². The highest BCUT2D eigenvalue weighted by Crippen LogP contribution is 2.42. The second-order valence-electron chi connectivity index (χ2n) is 9.14. The molecule has 2 amide bonds. The van der Waals surface area contributed by atoms with Gasteiger partial charge in [0, 0.05) is 36.2 Å². The van der Waals surface area contributed by atoms with Crippen molar-refractivity contribution in [3.8, 4) is 0 Å². The van der Waals surface area contributed by atoms with Crippen molar-refractivity contribution in [1.82, 2.24) is 14.8 Å². The van der Waals surface area contributed by atoms with Gasteiger partial charge in [0.2, 0.25) is 11.8 Å². The number of fused-ring (bicyclic) bond motifs is 4. The van der Waals surface area contributed by atoms with Crippen LogP contribution in [0.2, 0.25) is 0 Å². The van der Waals surface area contributed by atoms with Crippen molar-refractivity contribution < 1.29 is 14.7 Å². The molecule has 0 radical (unpaired) electrons. The summed E-state index contributed by atoms with van der Waals surface area (Å²) in [6.45, 7) is 4.79. The molecule has 2 N–H and O–H groups in total. The van der Waals surface area contributed by atoms with Crippen LogP contribution in [0, 0.1) is 0 Å². The van der Waals surface area contributed by atoms with Gasteiger partial charge in [-0.25, -0.2) is 0 Å². The molecule has 0 aliphatic carbocycles. The number of para-hydroxylation sites is 1. The molecule has 2 aliphatic heterocycles. The van der Waals surface area contributed by atoms with E-state index in [0.29, 0.717) is 25.3 Å². The zero-order chi connectivity index (χ0) is 22.4. The van der Waals surface area contributed by atoms with Crippen LogP contribution in [-0.4, -0.2) is 57.4 Å². The molecule has 2 aromatic carbocycles. The van der Waals surface area contributed by atoms with E-state index in [4.69, 9.17) is 0 Å². The van der Waals surface area contributed by atoms with Gasteiger partial charge in [0.05, 0.1) is 12.6 Å². The normalized spacial score (nSPS) is 20.8. The number of aromatic amines is 1. The summed E-state index contributed by atoms with van der Waals surface area (Å²) in [5, 5.41) is 10.3. The standard InChI is InChI=1S/C26H29N3O3/c1-16(2)17-8-10-18(11-9-17)25-24-20(19-6-3-4-7-21(19)27-24)14-22-26(32)28(12-5-13-30)15-23(31)29(22)25/h3-4,6-11,16,22,25,27,30H,5,12-15H2,1-2H3/t22-,25?/m0/s1. The molecule has 1 unspecified atom stereocenters. The highest BCUT2D eigenvalue weighted by molar-refractivity contribution is 5.97. The van der Waals surface area contributed by atoms with E-state index in [1.165, 1.54) is 5.56 Å². The summed E-state index contributed by atoms with van der Waals surface area (Å²) in [4.78, 5) is 33.8. The monoisotopic (exact) mass is 431 g/mol. The number of nitrogens with zero attached hydrogens (tertiary/aromatic N) is 2. The van der Waals surface area contributed by atoms with Gasteiger partial charge in [-0.15, -0.1) is 0 Å². The maximum absolute atomic E-state index is 13.4. The number of aromatic nitrogens is 1. The Labute approximate surface area is 187 Å². The fourth-order valence-electron chi connectivity index (χ4n) is 5.18. The van der Waals surface area contributed by atoms with Crippen molar-refractivity contribution in [2.24, 2.45) is 0 Å². The minimum atomic E-state index is -0.531. The van der Waals surface area contributed by atoms with E-state index in [1.807, 2.05) is 18.2 Å². The van der Waals surface area contributed by atoms with Gasteiger partial charge in [-0.3, -0.25) is 9.59 Å². The molecule has 2 atom stereocenters. The minimum Gasteiger partial charge on any atom is -0.396 e. The molecule has 2 aliphatic rings. The molecule has 32 heavy (non-hydrogen) atoms. The number of amides is 2. The summed E-state index contributed by atoms with van der Waals surface area (Å²) in [5.74, 6) is 0.345. The molecule has 6 nitrogen and oxygen atoms in total. The van der Waals surface area contributed by atoms with Crippen LogP contribution in [0.1, 0.15) is 54.6 Å². The lowest BCUT2D eigenvalue weighted by atomic mass is 9.85. The summed E-state index contributed by atoms with van der Waals surface area (Å²) in [5.41, 5.74) is 5.40. The second-order valence-corrected chi connectivity index (χ2v) is 9.14. The molecule has 3 aromatic rings. The first kappa shape index (κ1) is 20.8. The molecule has 0 bridgehead atoms. The lowest BCUT2D eigenvalue weighted by Crippen LogP contribution is -2.63. The third-order valence-corrected chi connectivity index (χ3v) is 6.85. The van der Waals surface area contributed by atoms with E-state index < -0.39 is 6.04 Å². The van der Waals surface area contributed by atoms with Crippen LogP contribution in [0.4, 0.5) is 0 Å². The van der Waals surface area contributed by atoms with E-state index in [9.17, 15) is 14.7 Å². The molecule has 166 valence electrons. The number of benzene rings is 2. The maximum atomic E-state index is 13.4. The van der Waals surface area contributed by atoms with Crippen molar-refractivity contribution in [2.75, 3.05) is 19.7 Å². The zero-order valence-electron chi connectivity index (χ0n) is 18.5. The fourth-order valence-corrected chi connectivity index (χ4v) is 5.18. The Morgan fingerprint density at radius 1 is 1.09 bits per heavy atom. The molecular weight excluding hydrogens is 402 g/mol. The molecule has 6 heteroatoms. The number of piperazine rings is 1. The van der Waals surface area contributed by atoms with Crippen LogP contribution >= 0.6 is 0 Å². The summed E-state index contributed by atoms with van der Waals surface area (Å²) < 4.78 is 0. The van der Waals surface area contributed by atoms with Gasteiger partial charge in [-0.2, -0.15) is 0 Å². The third kappa shape index (κ3) is 3.30. The average molecular weight is 432 g/mol. The number of aliphatic hydroxyl groups is 1. The van der Waals surface area contributed by atoms with E-state index in [0.717, 1.165) is 27.7 Å². The molecule has 0 spiro atoms. The predicted molar refractivity (Wildman–Crippen MR) is 123 cm³/mol. The molecule has 0 saturated carbocycles. The fraction of sp³-hybridized carbons (Fsp3) is 0.385. The summed E-state index contributed by atoms with van der Waals surface area (Å²) in [7, 11) is 0. The van der Waals surface area contributed by atoms with E-state index in [1.54, 1.807) is 9.80 Å². The lowest BCUT2D eigenvalue weighted by Gasteiger charge is -2.47.